The number of allylic oxidation sites excluding steroid dienone is 15. The van der Waals surface area contributed by atoms with Crippen LogP contribution in [0.3, 0.4) is 0 Å². The Morgan fingerprint density at radius 1 is 0.434 bits per heavy atom. The number of phosphoric ester groups is 1. The van der Waals surface area contributed by atoms with Gasteiger partial charge in [0.25, 0.3) is 7.82 Å². The summed E-state index contributed by atoms with van der Waals surface area (Å²) < 4.78 is 23.5. The van der Waals surface area contributed by atoms with Crippen LogP contribution < -0.4 is 10.2 Å². The predicted octanol–water partition coefficient (Wildman–Crippen LogP) is 21.9. The van der Waals surface area contributed by atoms with Crippen molar-refractivity contribution in [3.63, 3.8) is 0 Å². The number of rotatable bonds is 64. The van der Waals surface area contributed by atoms with Crippen molar-refractivity contribution in [2.45, 2.75) is 328 Å². The average Bonchev–Trinajstić information content (AvgIpc) is 3.49. The molecule has 0 spiro atoms. The number of hydrogen-bond acceptors (Lipinski definition) is 6. The highest BCUT2D eigenvalue weighted by Gasteiger charge is 2.23. The maximum Gasteiger partial charge on any atom is 0.268 e. The van der Waals surface area contributed by atoms with Gasteiger partial charge < -0.3 is 28.8 Å². The van der Waals surface area contributed by atoms with Crippen LogP contribution in [-0.2, 0) is 18.4 Å². The van der Waals surface area contributed by atoms with Crippen molar-refractivity contribution in [1.82, 2.24) is 5.32 Å². The maximum atomic E-state index is 13.0. The van der Waals surface area contributed by atoms with Crippen LogP contribution >= 0.6 is 7.82 Å². The van der Waals surface area contributed by atoms with E-state index in [2.05, 4.69) is 104 Å². The lowest BCUT2D eigenvalue weighted by Crippen LogP contribution is -2.45. The second-order valence-electron chi connectivity index (χ2n) is 24.9. The first kappa shape index (κ1) is 80.4. The number of amides is 1. The first-order chi connectivity index (χ1) is 40.5. The van der Waals surface area contributed by atoms with E-state index in [0.29, 0.717) is 17.4 Å². The topological polar surface area (TPSA) is 108 Å². The fourth-order valence-corrected chi connectivity index (χ4v) is 10.9. The van der Waals surface area contributed by atoms with Gasteiger partial charge in [0.05, 0.1) is 39.9 Å². The number of hydrogen-bond donors (Lipinski definition) is 2. The molecule has 482 valence electrons. The Hall–Kier alpha value is -2.58. The molecule has 0 rings (SSSR count). The number of nitrogens with one attached hydrogen (secondary N) is 1. The molecule has 0 heterocycles. The van der Waals surface area contributed by atoms with Crippen molar-refractivity contribution in [3.8, 4) is 0 Å². The smallest absolute Gasteiger partial charge is 0.268 e. The second-order valence-corrected chi connectivity index (χ2v) is 26.3. The number of quaternary nitrogens is 1. The van der Waals surface area contributed by atoms with Crippen LogP contribution in [0.5, 0.6) is 0 Å². The molecule has 0 aromatic heterocycles. The van der Waals surface area contributed by atoms with Gasteiger partial charge in [-0.15, -0.1) is 0 Å². The summed E-state index contributed by atoms with van der Waals surface area (Å²) in [6, 6.07) is -0.896. The molecule has 3 unspecified atom stereocenters. The van der Waals surface area contributed by atoms with Crippen molar-refractivity contribution in [2.75, 3.05) is 40.9 Å². The summed E-state index contributed by atoms with van der Waals surface area (Å²) in [7, 11) is 1.26. The fourth-order valence-electron chi connectivity index (χ4n) is 10.1. The second kappa shape index (κ2) is 63.9. The Bertz CT molecular complexity index is 1670. The Balaban J connectivity index is 4.11. The van der Waals surface area contributed by atoms with Crippen LogP contribution in [0.25, 0.3) is 0 Å². The molecule has 0 bridgehead atoms. The van der Waals surface area contributed by atoms with E-state index in [1.54, 1.807) is 6.08 Å². The molecule has 9 heteroatoms. The van der Waals surface area contributed by atoms with Gasteiger partial charge in [0.1, 0.15) is 13.2 Å². The first-order valence-corrected chi connectivity index (χ1v) is 36.6. The Morgan fingerprint density at radius 2 is 0.735 bits per heavy atom. The minimum Gasteiger partial charge on any atom is -0.756 e. The number of aliphatic hydroxyl groups excluding tert-OH is 1. The molecule has 0 saturated carbocycles. The third-order valence-electron chi connectivity index (χ3n) is 15.5. The molecule has 0 aliphatic carbocycles. The van der Waals surface area contributed by atoms with Crippen molar-refractivity contribution in [3.05, 3.63) is 97.2 Å². The van der Waals surface area contributed by atoms with E-state index < -0.39 is 20.0 Å². The van der Waals surface area contributed by atoms with Gasteiger partial charge in [0, 0.05) is 6.42 Å². The third kappa shape index (κ3) is 66.8. The zero-order valence-corrected chi connectivity index (χ0v) is 56.0. The molecule has 8 nitrogen and oxygen atoms in total. The van der Waals surface area contributed by atoms with Gasteiger partial charge in [-0.05, 0) is 77.0 Å². The van der Waals surface area contributed by atoms with E-state index in [-0.39, 0.29) is 19.1 Å². The molecular formula is C74H135N2O6P. The van der Waals surface area contributed by atoms with Gasteiger partial charge in [0.2, 0.25) is 5.91 Å². The summed E-state index contributed by atoms with van der Waals surface area (Å²) in [5, 5.41) is 14.0. The molecule has 3 atom stereocenters. The van der Waals surface area contributed by atoms with Crippen LogP contribution in [0, 0.1) is 0 Å². The molecule has 83 heavy (non-hydrogen) atoms. The van der Waals surface area contributed by atoms with E-state index in [1.807, 2.05) is 27.2 Å². The third-order valence-corrected chi connectivity index (χ3v) is 16.5. The zero-order chi connectivity index (χ0) is 60.5. The number of aliphatic hydroxyl groups is 1. The van der Waals surface area contributed by atoms with Gasteiger partial charge in [-0.3, -0.25) is 9.36 Å². The average molecular weight is 1180 g/mol. The van der Waals surface area contributed by atoms with E-state index in [1.165, 1.54) is 212 Å². The number of unbranched alkanes of at least 4 members (excludes halogenated alkanes) is 37. The molecule has 2 N–H and O–H groups in total. The van der Waals surface area contributed by atoms with Crippen LogP contribution in [0.1, 0.15) is 316 Å². The number of nitrogens with zero attached hydrogens (tertiary/aromatic N) is 1. The molecule has 0 fully saturated rings. The predicted molar refractivity (Wildman–Crippen MR) is 362 cm³/mol. The number of carbonyl (C=O) groups excluding carboxylic acids is 1. The van der Waals surface area contributed by atoms with Crippen molar-refractivity contribution in [2.24, 2.45) is 0 Å². The molecule has 0 aliphatic heterocycles. The Labute approximate surface area is 515 Å². The molecule has 0 radical (unpaired) electrons. The number of likely N-dealkylation sites (N-methyl/N-ethyl adjacent to an activating group) is 1. The van der Waals surface area contributed by atoms with Gasteiger partial charge in [-0.2, -0.15) is 0 Å². The highest BCUT2D eigenvalue weighted by atomic mass is 31.2. The summed E-state index contributed by atoms with van der Waals surface area (Å²) >= 11 is 0. The van der Waals surface area contributed by atoms with Crippen LogP contribution in [0.4, 0.5) is 0 Å². The van der Waals surface area contributed by atoms with Crippen LogP contribution in [0.2, 0.25) is 0 Å². The summed E-state index contributed by atoms with van der Waals surface area (Å²) in [6.45, 7) is 4.56. The van der Waals surface area contributed by atoms with Crippen molar-refractivity contribution >= 4 is 13.7 Å². The van der Waals surface area contributed by atoms with E-state index in [9.17, 15) is 19.4 Å². The minimum absolute atomic E-state index is 0.00483. The number of carbonyl (C=O) groups is 1. The summed E-state index contributed by atoms with van der Waals surface area (Å²) in [4.78, 5) is 25.6. The van der Waals surface area contributed by atoms with Crippen LogP contribution in [-0.4, -0.2) is 68.5 Å². The SMILES string of the molecule is CC/C=C\C/C=C\C/C=C\C/C=C\C/C=C\C/C=C\C/C=C\CCCCCCCCCCCCCC(=O)NC(COP(=O)([O-])OCC[N+](C)(C)C)C(O)/C=C/CCCCCCCCCCCCCCCCCCCCCCCCCCCC. The van der Waals surface area contributed by atoms with Crippen LogP contribution in [0.15, 0.2) is 97.2 Å². The summed E-state index contributed by atoms with van der Waals surface area (Å²) in [5.74, 6) is -0.200. The van der Waals surface area contributed by atoms with Crippen molar-refractivity contribution in [1.29, 1.82) is 0 Å². The lowest BCUT2D eigenvalue weighted by atomic mass is 10.0. The quantitative estimate of drug-likeness (QED) is 0.0272. The molecule has 0 saturated heterocycles. The largest absolute Gasteiger partial charge is 0.756 e. The molecule has 0 aliphatic rings. The lowest BCUT2D eigenvalue weighted by Gasteiger charge is -2.29. The van der Waals surface area contributed by atoms with Gasteiger partial charge >= 0.3 is 0 Å². The van der Waals surface area contributed by atoms with E-state index >= 15 is 0 Å². The van der Waals surface area contributed by atoms with E-state index in [4.69, 9.17) is 9.05 Å². The first-order valence-electron chi connectivity index (χ1n) is 35.1. The number of phosphoric acid groups is 1. The molecule has 1 amide bonds. The zero-order valence-electron chi connectivity index (χ0n) is 55.1. The van der Waals surface area contributed by atoms with Crippen molar-refractivity contribution < 1.29 is 32.9 Å². The summed E-state index contributed by atoms with van der Waals surface area (Å²) in [5.41, 5.74) is 0. The molecule has 0 aromatic carbocycles. The lowest BCUT2D eigenvalue weighted by molar-refractivity contribution is -0.870. The van der Waals surface area contributed by atoms with Gasteiger partial charge in [-0.25, -0.2) is 0 Å². The molecule has 0 aromatic rings. The fraction of sp³-hybridized carbons (Fsp3) is 0.770. The molecular weight excluding hydrogens is 1040 g/mol. The van der Waals surface area contributed by atoms with Gasteiger partial charge in [0.15, 0.2) is 0 Å². The highest BCUT2D eigenvalue weighted by molar-refractivity contribution is 7.45. The van der Waals surface area contributed by atoms with Gasteiger partial charge in [-0.1, -0.05) is 329 Å². The Kier molecular flexibility index (Phi) is 61.9. The maximum absolute atomic E-state index is 13.0. The normalized spacial score (nSPS) is 14.3. The van der Waals surface area contributed by atoms with E-state index in [0.717, 1.165) is 83.5 Å². The minimum atomic E-state index is -4.61. The highest BCUT2D eigenvalue weighted by Crippen LogP contribution is 2.38. The standard InChI is InChI=1S/C74H135N2O6P/c1-6-8-10-12-14-16-18-20-22-24-26-28-30-32-34-36-37-38-39-40-42-44-46-48-50-52-54-56-58-60-62-64-66-68-74(78)75-72(71-82-83(79,80)81-70-69-76(3,4)5)73(77)67-65-63-61-59-57-55-53-51-49-47-45-43-41-35-33-31-29-27-25-23-21-19-17-15-13-11-9-7-2/h8,10,14,16,20,22,26,28,32,34,37-38,40,42,65,67,72-73,77H,6-7,9,11-13,15,17-19,21,23-25,27,29-31,33,35-36,39,41,43-64,66,68-71H2,1-5H3,(H-,75,78,79,80)/b10-8-,16-14-,22-20-,28-26-,34-32-,38-37-,42-40-,67-65+. The Morgan fingerprint density at radius 3 is 1.07 bits per heavy atom. The monoisotopic (exact) mass is 1180 g/mol. The summed E-state index contributed by atoms with van der Waals surface area (Å²) in [6.07, 6.45) is 92.3.